The largest absolute Gasteiger partial charge is 0.426 e. The molecule has 3 aromatic rings. The van der Waals surface area contributed by atoms with Gasteiger partial charge in [0.15, 0.2) is 0 Å². The highest BCUT2D eigenvalue weighted by molar-refractivity contribution is 5.76. The minimum atomic E-state index is -0.389. The van der Waals surface area contributed by atoms with E-state index >= 15 is 0 Å². The van der Waals surface area contributed by atoms with Crippen LogP contribution in [0.1, 0.15) is 80.6 Å². The van der Waals surface area contributed by atoms with Gasteiger partial charge in [0, 0.05) is 25.6 Å². The molecule has 1 atom stereocenters. The van der Waals surface area contributed by atoms with Crippen molar-refractivity contribution in [2.75, 3.05) is 33.2 Å². The van der Waals surface area contributed by atoms with Crippen molar-refractivity contribution >= 4 is 17.1 Å². The Balaban J connectivity index is 1.50. The highest BCUT2D eigenvalue weighted by Gasteiger charge is 2.29. The predicted molar refractivity (Wildman–Crippen MR) is 152 cm³/mol. The van der Waals surface area contributed by atoms with Crippen molar-refractivity contribution in [2.24, 2.45) is 0 Å². The number of hydroxylamine groups is 2. The zero-order valence-electron chi connectivity index (χ0n) is 23.3. The Bertz CT molecular complexity index is 1220. The highest BCUT2D eigenvalue weighted by Crippen LogP contribution is 2.32. The van der Waals surface area contributed by atoms with Crippen molar-refractivity contribution in [3.63, 3.8) is 0 Å². The molecule has 1 aromatic heterocycles. The zero-order valence-corrected chi connectivity index (χ0v) is 23.3. The van der Waals surface area contributed by atoms with E-state index in [9.17, 15) is 4.79 Å². The molecule has 0 saturated carbocycles. The second-order valence-corrected chi connectivity index (χ2v) is 10.9. The number of hydrogen-bond donors (Lipinski definition) is 1. The Morgan fingerprint density at radius 1 is 1.00 bits per heavy atom. The lowest BCUT2D eigenvalue weighted by molar-refractivity contribution is -0.111. The first-order valence-corrected chi connectivity index (χ1v) is 14.5. The molecule has 2 aliphatic rings. The van der Waals surface area contributed by atoms with Gasteiger partial charge in [-0.05, 0) is 87.5 Å². The summed E-state index contributed by atoms with van der Waals surface area (Å²) in [6.45, 7) is 8.13. The Kier molecular flexibility index (Phi) is 8.65. The third-order valence-electron chi connectivity index (χ3n) is 8.28. The molecule has 1 amide bonds. The van der Waals surface area contributed by atoms with Crippen molar-refractivity contribution in [1.82, 2.24) is 24.8 Å². The smallest absolute Gasteiger partial charge is 0.351 e. The topological polar surface area (TPSA) is 62.6 Å². The van der Waals surface area contributed by atoms with Crippen LogP contribution in [0, 0.1) is 0 Å². The first-order chi connectivity index (χ1) is 18.6. The molecule has 0 bridgehead atoms. The van der Waals surface area contributed by atoms with Crippen LogP contribution >= 0.6 is 0 Å². The summed E-state index contributed by atoms with van der Waals surface area (Å²) in [4.78, 5) is 26.5. The molecule has 0 spiro atoms. The van der Waals surface area contributed by atoms with Gasteiger partial charge in [-0.2, -0.15) is 0 Å². The van der Waals surface area contributed by atoms with Crippen LogP contribution in [-0.4, -0.2) is 58.8 Å². The maximum Gasteiger partial charge on any atom is 0.426 e. The average Bonchev–Trinajstić information content (AvgIpc) is 3.33. The van der Waals surface area contributed by atoms with Crippen molar-refractivity contribution in [3.8, 4) is 0 Å². The average molecular weight is 518 g/mol. The summed E-state index contributed by atoms with van der Waals surface area (Å²) in [6.07, 6.45) is 7.76. The molecule has 0 aliphatic carbocycles. The number of imidazole rings is 1. The van der Waals surface area contributed by atoms with E-state index < -0.39 is 0 Å². The predicted octanol–water partition coefficient (Wildman–Crippen LogP) is 5.84. The summed E-state index contributed by atoms with van der Waals surface area (Å²) in [6, 6.07) is 15.2. The van der Waals surface area contributed by atoms with Crippen molar-refractivity contribution in [3.05, 3.63) is 65.0 Å². The molecule has 7 nitrogen and oxygen atoms in total. The number of fused-ring (bicyclic) bond motifs is 1. The van der Waals surface area contributed by atoms with E-state index in [-0.39, 0.29) is 12.1 Å². The molecule has 3 heterocycles. The Labute approximate surface area is 227 Å². The molecule has 1 N–H and O–H groups in total. The van der Waals surface area contributed by atoms with Gasteiger partial charge in [-0.25, -0.2) is 9.78 Å². The second-order valence-electron chi connectivity index (χ2n) is 10.9. The number of aromatic nitrogens is 2. The maximum atomic E-state index is 13.2. The first-order valence-electron chi connectivity index (χ1n) is 14.5. The summed E-state index contributed by atoms with van der Waals surface area (Å²) in [5, 5.41) is 5.05. The molecule has 2 fully saturated rings. The van der Waals surface area contributed by atoms with Gasteiger partial charge in [0.05, 0.1) is 17.1 Å². The lowest BCUT2D eigenvalue weighted by Crippen LogP contribution is -2.40. The number of piperidine rings is 2. The van der Waals surface area contributed by atoms with Gasteiger partial charge in [0.2, 0.25) is 0 Å². The Hall–Kier alpha value is -2.90. The quantitative estimate of drug-likeness (QED) is 0.407. The third-order valence-corrected chi connectivity index (χ3v) is 8.28. The number of carbonyl (C=O) groups excluding carboxylic acids is 1. The number of amides is 1. The second kappa shape index (κ2) is 12.3. The van der Waals surface area contributed by atoms with Crippen molar-refractivity contribution in [2.45, 2.75) is 77.3 Å². The lowest BCUT2D eigenvalue weighted by Gasteiger charge is -2.32. The molecule has 0 radical (unpaired) electrons. The standard InChI is InChI=1S/C31H43N5O2/c1-4-24-14-13-23(21-25(24)5-2)22-28(33-31(37)38-35-17-9-6-10-18-35)30-32-27-11-7-8-12-29(27)36(30)26-15-19-34(3)20-16-26/h7-8,11-14,21,26,28H,4-6,9-10,15-20,22H2,1-3H3,(H,33,37). The van der Waals surface area contributed by atoms with Crippen molar-refractivity contribution < 1.29 is 9.63 Å². The molecule has 38 heavy (non-hydrogen) atoms. The molecular weight excluding hydrogens is 474 g/mol. The SMILES string of the molecule is CCc1ccc(CC(NC(=O)ON2CCCCC2)c2nc3ccccc3n2C2CCN(C)CC2)cc1CC. The fraction of sp³-hybridized carbons (Fsp3) is 0.548. The number of likely N-dealkylation sites (tertiary alicyclic amines) is 1. The Morgan fingerprint density at radius 2 is 1.74 bits per heavy atom. The van der Waals surface area contributed by atoms with E-state index in [4.69, 9.17) is 9.82 Å². The maximum absolute atomic E-state index is 13.2. The summed E-state index contributed by atoms with van der Waals surface area (Å²) >= 11 is 0. The summed E-state index contributed by atoms with van der Waals surface area (Å²) < 4.78 is 2.41. The number of benzene rings is 2. The number of carbonyl (C=O) groups is 1. The van der Waals surface area contributed by atoms with Gasteiger partial charge < -0.3 is 19.6 Å². The number of rotatable bonds is 8. The van der Waals surface area contributed by atoms with Crippen LogP contribution in [0.2, 0.25) is 0 Å². The normalized spacial score (nSPS) is 18.5. The fourth-order valence-electron chi connectivity index (χ4n) is 6.11. The molecular formula is C31H43N5O2. The summed E-state index contributed by atoms with van der Waals surface area (Å²) in [5.41, 5.74) is 6.11. The van der Waals surface area contributed by atoms with Crippen LogP contribution in [0.5, 0.6) is 0 Å². The van der Waals surface area contributed by atoms with E-state index in [1.165, 1.54) is 23.1 Å². The minimum absolute atomic E-state index is 0.295. The molecule has 2 aliphatic heterocycles. The molecule has 2 aromatic carbocycles. The number of hydrogen-bond acceptors (Lipinski definition) is 5. The number of aryl methyl sites for hydroxylation is 2. The monoisotopic (exact) mass is 517 g/mol. The van der Waals surface area contributed by atoms with Crippen LogP contribution < -0.4 is 5.32 Å². The first kappa shape index (κ1) is 26.7. The van der Waals surface area contributed by atoms with Crippen LogP contribution in [0.25, 0.3) is 11.0 Å². The van der Waals surface area contributed by atoms with Crippen LogP contribution in [0.3, 0.4) is 0 Å². The third kappa shape index (κ3) is 6.05. The number of nitrogens with zero attached hydrogens (tertiary/aromatic N) is 4. The molecule has 5 rings (SSSR count). The number of nitrogens with one attached hydrogen (secondary N) is 1. The van der Waals surface area contributed by atoms with Gasteiger partial charge in [-0.1, -0.05) is 50.6 Å². The molecule has 1 unspecified atom stereocenters. The van der Waals surface area contributed by atoms with E-state index in [2.05, 4.69) is 72.1 Å². The number of para-hydroxylation sites is 2. The zero-order chi connectivity index (χ0) is 26.5. The van der Waals surface area contributed by atoms with Gasteiger partial charge in [-0.3, -0.25) is 0 Å². The lowest BCUT2D eigenvalue weighted by atomic mass is 9.96. The molecule has 7 heteroatoms. The highest BCUT2D eigenvalue weighted by atomic mass is 16.7. The van der Waals surface area contributed by atoms with E-state index in [0.29, 0.717) is 12.5 Å². The van der Waals surface area contributed by atoms with Crippen LogP contribution in [0.15, 0.2) is 42.5 Å². The van der Waals surface area contributed by atoms with Crippen molar-refractivity contribution in [1.29, 1.82) is 0 Å². The van der Waals surface area contributed by atoms with Gasteiger partial charge in [0.25, 0.3) is 0 Å². The van der Waals surface area contributed by atoms with E-state index in [0.717, 1.165) is 81.6 Å². The molecule has 2 saturated heterocycles. The van der Waals surface area contributed by atoms with E-state index in [1.54, 1.807) is 5.06 Å². The molecule has 204 valence electrons. The van der Waals surface area contributed by atoms with Gasteiger partial charge in [0.1, 0.15) is 5.82 Å². The fourth-order valence-corrected chi connectivity index (χ4v) is 6.11. The van der Waals surface area contributed by atoms with E-state index in [1.807, 2.05) is 6.07 Å². The van der Waals surface area contributed by atoms with Gasteiger partial charge >= 0.3 is 6.09 Å². The van der Waals surface area contributed by atoms with Crippen LogP contribution in [-0.2, 0) is 24.1 Å². The minimum Gasteiger partial charge on any atom is -0.351 e. The summed E-state index contributed by atoms with van der Waals surface area (Å²) in [5.74, 6) is 0.925. The summed E-state index contributed by atoms with van der Waals surface area (Å²) in [7, 11) is 2.19. The Morgan fingerprint density at radius 3 is 2.47 bits per heavy atom. The van der Waals surface area contributed by atoms with Crippen LogP contribution in [0.4, 0.5) is 4.79 Å². The van der Waals surface area contributed by atoms with Gasteiger partial charge in [-0.15, -0.1) is 5.06 Å².